The third-order valence-corrected chi connectivity index (χ3v) is 4.58. The summed E-state index contributed by atoms with van der Waals surface area (Å²) in [5, 5.41) is 28.9. The Balaban J connectivity index is 1.80. The van der Waals surface area contributed by atoms with Crippen LogP contribution in [0.15, 0.2) is 56.7 Å². The average molecular weight is 443 g/mol. The molecule has 28 heavy (non-hydrogen) atoms. The smallest absolute Gasteiger partial charge is 0.169 e. The molecule has 3 aromatic rings. The van der Waals surface area contributed by atoms with E-state index in [4.69, 9.17) is 9.89 Å². The van der Waals surface area contributed by atoms with Crippen LogP contribution in [0.5, 0.6) is 0 Å². The fourth-order valence-corrected chi connectivity index (χ4v) is 2.96. The Hall–Kier alpha value is -3.38. The van der Waals surface area contributed by atoms with Gasteiger partial charge in [0.2, 0.25) is 0 Å². The summed E-state index contributed by atoms with van der Waals surface area (Å²) in [6, 6.07) is 12.5. The van der Waals surface area contributed by atoms with Gasteiger partial charge in [-0.05, 0) is 50.9 Å². The lowest BCUT2D eigenvalue weighted by Gasteiger charge is -2.05. The fourth-order valence-electron chi connectivity index (χ4n) is 2.54. The van der Waals surface area contributed by atoms with Crippen molar-refractivity contribution < 1.29 is 19.0 Å². The summed E-state index contributed by atoms with van der Waals surface area (Å²) in [5.74, 6) is -0.675. The molecule has 1 aromatic heterocycles. The molecule has 0 fully saturated rings. The molecule has 1 heterocycles. The van der Waals surface area contributed by atoms with Gasteiger partial charge in [0.1, 0.15) is 17.2 Å². The predicted octanol–water partition coefficient (Wildman–Crippen LogP) is 3.69. The Labute approximate surface area is 167 Å². The molecule has 0 aliphatic carbocycles. The lowest BCUT2D eigenvalue weighted by Crippen LogP contribution is -2.12. The zero-order valence-electron chi connectivity index (χ0n) is 14.3. The van der Waals surface area contributed by atoms with Crippen molar-refractivity contribution in [3.05, 3.63) is 80.8 Å². The van der Waals surface area contributed by atoms with Crippen molar-refractivity contribution in [1.82, 2.24) is 10.3 Å². The number of hydrogen-bond acceptors (Lipinski definition) is 7. The van der Waals surface area contributed by atoms with E-state index in [1.54, 1.807) is 36.4 Å². The molecule has 9 heteroatoms. The van der Waals surface area contributed by atoms with Gasteiger partial charge in [-0.15, -0.1) is 0 Å². The lowest BCUT2D eigenvalue weighted by atomic mass is 10.0. The summed E-state index contributed by atoms with van der Waals surface area (Å²) < 4.78 is 18.4. The van der Waals surface area contributed by atoms with Crippen molar-refractivity contribution in [1.29, 1.82) is 5.26 Å². The molecule has 1 N–H and O–H groups in total. The van der Waals surface area contributed by atoms with Crippen LogP contribution >= 0.6 is 15.9 Å². The molecule has 0 aliphatic heterocycles. The van der Waals surface area contributed by atoms with Crippen LogP contribution in [0.2, 0.25) is 0 Å². The summed E-state index contributed by atoms with van der Waals surface area (Å²) >= 11 is 3.10. The summed E-state index contributed by atoms with van der Waals surface area (Å²) in [5.41, 5.74) is 1.99. The number of oxime groups is 1. The molecular formula is C19H12BrFN4O3. The molecule has 0 unspecified atom stereocenters. The van der Waals surface area contributed by atoms with E-state index in [-0.39, 0.29) is 40.2 Å². The van der Waals surface area contributed by atoms with Gasteiger partial charge in [-0.25, -0.2) is 9.02 Å². The number of benzene rings is 2. The van der Waals surface area contributed by atoms with Gasteiger partial charge >= 0.3 is 0 Å². The van der Waals surface area contributed by atoms with E-state index in [1.807, 2.05) is 6.07 Å². The van der Waals surface area contributed by atoms with Crippen LogP contribution in [-0.4, -0.2) is 27.0 Å². The number of halogens is 2. The number of carbonyl (C=O) groups is 1. The Morgan fingerprint density at radius 3 is 2.61 bits per heavy atom. The first kappa shape index (κ1) is 19.4. The van der Waals surface area contributed by atoms with E-state index in [9.17, 15) is 14.4 Å². The Bertz CT molecular complexity index is 1090. The van der Waals surface area contributed by atoms with Crippen molar-refractivity contribution in [3.63, 3.8) is 0 Å². The van der Waals surface area contributed by atoms with Crippen LogP contribution in [0, 0.1) is 17.1 Å². The SMILES string of the molecule is N#Cc1ccc(C(=O)Cc2nonc2/C(Cc2ccc(F)c(Br)c2)=N/O)cc1. The highest BCUT2D eigenvalue weighted by atomic mass is 79.9. The Morgan fingerprint density at radius 2 is 1.96 bits per heavy atom. The molecule has 0 atom stereocenters. The highest BCUT2D eigenvalue weighted by Gasteiger charge is 2.21. The maximum atomic E-state index is 13.4. The van der Waals surface area contributed by atoms with Crippen LogP contribution < -0.4 is 0 Å². The molecule has 0 saturated heterocycles. The standard InChI is InChI=1S/C19H12BrFN4O3/c20-14-7-12(3-6-15(14)21)8-16(23-27)19-17(24-28-25-19)9-18(26)13-4-1-11(10-22)2-5-13/h1-7,27H,8-9H2/b23-16+. The maximum absolute atomic E-state index is 13.4. The van der Waals surface area contributed by atoms with Crippen LogP contribution in [-0.2, 0) is 12.8 Å². The number of rotatable bonds is 6. The van der Waals surface area contributed by atoms with Crippen LogP contribution in [0.4, 0.5) is 4.39 Å². The first-order valence-electron chi connectivity index (χ1n) is 8.02. The maximum Gasteiger partial charge on any atom is 0.169 e. The van der Waals surface area contributed by atoms with E-state index < -0.39 is 5.82 Å². The average Bonchev–Trinajstić information content (AvgIpc) is 3.16. The van der Waals surface area contributed by atoms with Crippen molar-refractivity contribution in [2.45, 2.75) is 12.8 Å². The molecule has 3 rings (SSSR count). The second-order valence-electron chi connectivity index (χ2n) is 5.82. The van der Waals surface area contributed by atoms with Crippen LogP contribution in [0.25, 0.3) is 0 Å². The fraction of sp³-hybridized carbons (Fsp3) is 0.105. The number of Topliss-reactive ketones (excluding diaryl/α,β-unsaturated/α-hetero) is 1. The minimum absolute atomic E-state index is 0.127. The Kier molecular flexibility index (Phi) is 5.91. The summed E-state index contributed by atoms with van der Waals surface area (Å²) in [6.07, 6.45) is -0.00147. The molecular weight excluding hydrogens is 431 g/mol. The molecule has 0 saturated carbocycles. The highest BCUT2D eigenvalue weighted by molar-refractivity contribution is 9.10. The number of nitrogens with zero attached hydrogens (tertiary/aromatic N) is 4. The van der Waals surface area contributed by atoms with E-state index in [0.717, 1.165) is 0 Å². The van der Waals surface area contributed by atoms with Crippen molar-refractivity contribution >= 4 is 27.4 Å². The molecule has 7 nitrogen and oxygen atoms in total. The van der Waals surface area contributed by atoms with Crippen molar-refractivity contribution in [3.8, 4) is 6.07 Å². The van der Waals surface area contributed by atoms with Gasteiger partial charge in [-0.2, -0.15) is 5.26 Å². The topological polar surface area (TPSA) is 112 Å². The van der Waals surface area contributed by atoms with Crippen LogP contribution in [0.3, 0.4) is 0 Å². The molecule has 0 bridgehead atoms. The monoisotopic (exact) mass is 442 g/mol. The predicted molar refractivity (Wildman–Crippen MR) is 99.6 cm³/mol. The minimum Gasteiger partial charge on any atom is -0.411 e. The number of aromatic nitrogens is 2. The molecule has 0 spiro atoms. The second-order valence-corrected chi connectivity index (χ2v) is 6.67. The van der Waals surface area contributed by atoms with E-state index in [2.05, 4.69) is 31.4 Å². The molecule has 2 aromatic carbocycles. The molecule has 0 amide bonds. The zero-order valence-corrected chi connectivity index (χ0v) is 15.9. The van der Waals surface area contributed by atoms with Gasteiger partial charge in [0.15, 0.2) is 11.5 Å². The number of ketones is 1. The first-order chi connectivity index (χ1) is 13.5. The molecule has 0 radical (unpaired) electrons. The second kappa shape index (κ2) is 8.54. The van der Waals surface area contributed by atoms with E-state index >= 15 is 0 Å². The number of nitriles is 1. The summed E-state index contributed by atoms with van der Waals surface area (Å²) in [7, 11) is 0. The van der Waals surface area contributed by atoms with Crippen molar-refractivity contribution in [2.75, 3.05) is 0 Å². The molecule has 0 aliphatic rings. The zero-order chi connectivity index (χ0) is 20.1. The minimum atomic E-state index is -0.414. The van der Waals surface area contributed by atoms with Gasteiger partial charge in [0, 0.05) is 12.0 Å². The van der Waals surface area contributed by atoms with Gasteiger partial charge in [0.25, 0.3) is 0 Å². The van der Waals surface area contributed by atoms with E-state index in [0.29, 0.717) is 16.7 Å². The highest BCUT2D eigenvalue weighted by Crippen LogP contribution is 2.19. The van der Waals surface area contributed by atoms with Gasteiger partial charge in [-0.1, -0.05) is 28.5 Å². The lowest BCUT2D eigenvalue weighted by molar-refractivity contribution is 0.0990. The third kappa shape index (κ3) is 4.29. The number of hydrogen-bond donors (Lipinski definition) is 1. The summed E-state index contributed by atoms with van der Waals surface area (Å²) in [4.78, 5) is 12.5. The quantitative estimate of drug-likeness (QED) is 0.269. The normalized spacial score (nSPS) is 11.2. The van der Waals surface area contributed by atoms with Gasteiger partial charge < -0.3 is 5.21 Å². The largest absolute Gasteiger partial charge is 0.411 e. The first-order valence-corrected chi connectivity index (χ1v) is 8.81. The molecule has 140 valence electrons. The van der Waals surface area contributed by atoms with Gasteiger partial charge in [0.05, 0.1) is 22.5 Å². The van der Waals surface area contributed by atoms with Crippen molar-refractivity contribution in [2.24, 2.45) is 5.16 Å². The van der Waals surface area contributed by atoms with Crippen LogP contribution in [0.1, 0.15) is 32.9 Å². The van der Waals surface area contributed by atoms with Gasteiger partial charge in [-0.3, -0.25) is 4.79 Å². The summed E-state index contributed by atoms with van der Waals surface area (Å²) in [6.45, 7) is 0. The third-order valence-electron chi connectivity index (χ3n) is 3.97. The van der Waals surface area contributed by atoms with E-state index in [1.165, 1.54) is 6.07 Å². The Morgan fingerprint density at radius 1 is 1.21 bits per heavy atom. The number of carbonyl (C=O) groups excluding carboxylic acids is 1.